The minimum absolute atomic E-state index is 0.575. The Morgan fingerprint density at radius 2 is 2.24 bits per heavy atom. The average Bonchev–Trinajstić information content (AvgIpc) is 2.91. The van der Waals surface area contributed by atoms with E-state index >= 15 is 0 Å². The van der Waals surface area contributed by atoms with E-state index in [-0.39, 0.29) is 0 Å². The van der Waals surface area contributed by atoms with Crippen molar-refractivity contribution in [3.63, 3.8) is 0 Å². The number of rotatable bonds is 8. The molecule has 1 N–H and O–H groups in total. The molecular formula is C16H25ClN2O2. The zero-order valence-corrected chi connectivity index (χ0v) is 13.7. The molecule has 1 aliphatic rings. The summed E-state index contributed by atoms with van der Waals surface area (Å²) < 4.78 is 10.5. The zero-order valence-electron chi connectivity index (χ0n) is 12.9. The van der Waals surface area contributed by atoms with Crippen LogP contribution in [0.1, 0.15) is 18.4 Å². The molecule has 4 nitrogen and oxygen atoms in total. The lowest BCUT2D eigenvalue weighted by Gasteiger charge is -2.25. The van der Waals surface area contributed by atoms with Crippen LogP contribution < -0.4 is 10.1 Å². The first kappa shape index (κ1) is 16.6. The van der Waals surface area contributed by atoms with Crippen LogP contribution in [0.3, 0.4) is 0 Å². The molecule has 1 heterocycles. The first-order valence-electron chi connectivity index (χ1n) is 7.50. The average molecular weight is 313 g/mol. The van der Waals surface area contributed by atoms with E-state index in [1.165, 1.54) is 12.8 Å². The Hall–Kier alpha value is -0.810. The predicted molar refractivity (Wildman–Crippen MR) is 86.2 cm³/mol. The molecule has 21 heavy (non-hydrogen) atoms. The second kappa shape index (κ2) is 8.59. The fourth-order valence-corrected chi connectivity index (χ4v) is 3.06. The van der Waals surface area contributed by atoms with Gasteiger partial charge in [-0.05, 0) is 37.6 Å². The minimum Gasteiger partial charge on any atom is -0.496 e. The highest BCUT2D eigenvalue weighted by molar-refractivity contribution is 6.30. The number of nitrogens with zero attached hydrogens (tertiary/aromatic N) is 1. The Kier molecular flexibility index (Phi) is 6.77. The van der Waals surface area contributed by atoms with Crippen LogP contribution in [-0.2, 0) is 11.3 Å². The fourth-order valence-electron chi connectivity index (χ4n) is 2.87. The van der Waals surface area contributed by atoms with Crippen molar-refractivity contribution in [2.45, 2.75) is 25.4 Å². The molecule has 0 aromatic heterocycles. The predicted octanol–water partition coefficient (Wildman–Crippen LogP) is 2.55. The highest BCUT2D eigenvalue weighted by Crippen LogP contribution is 2.27. The highest BCUT2D eigenvalue weighted by atomic mass is 35.5. The van der Waals surface area contributed by atoms with Crippen LogP contribution in [0.5, 0.6) is 5.75 Å². The lowest BCUT2D eigenvalue weighted by molar-refractivity contribution is 0.190. The Morgan fingerprint density at radius 3 is 3.00 bits per heavy atom. The van der Waals surface area contributed by atoms with Gasteiger partial charge in [-0.1, -0.05) is 11.6 Å². The summed E-state index contributed by atoms with van der Waals surface area (Å²) in [6, 6.07) is 6.40. The summed E-state index contributed by atoms with van der Waals surface area (Å²) in [5, 5.41) is 4.22. The van der Waals surface area contributed by atoms with Gasteiger partial charge >= 0.3 is 0 Å². The second-order valence-corrected chi connectivity index (χ2v) is 5.86. The molecule has 1 aromatic rings. The molecule has 1 aromatic carbocycles. The van der Waals surface area contributed by atoms with Gasteiger partial charge in [0, 0.05) is 43.4 Å². The van der Waals surface area contributed by atoms with Crippen LogP contribution in [0.4, 0.5) is 0 Å². The number of likely N-dealkylation sites (tertiary alicyclic amines) is 1. The molecule has 1 aliphatic heterocycles. The number of halogens is 1. The summed E-state index contributed by atoms with van der Waals surface area (Å²) in [7, 11) is 3.44. The van der Waals surface area contributed by atoms with Crippen LogP contribution in [0.2, 0.25) is 5.02 Å². The molecule has 1 unspecified atom stereocenters. The summed E-state index contributed by atoms with van der Waals surface area (Å²) in [5.74, 6) is 0.914. The van der Waals surface area contributed by atoms with E-state index in [1.807, 2.05) is 18.2 Å². The van der Waals surface area contributed by atoms with E-state index in [0.717, 1.165) is 49.1 Å². The maximum absolute atomic E-state index is 6.11. The summed E-state index contributed by atoms with van der Waals surface area (Å²) in [6.07, 6.45) is 2.49. The monoisotopic (exact) mass is 312 g/mol. The summed E-state index contributed by atoms with van der Waals surface area (Å²) in [6.45, 7) is 4.69. The van der Waals surface area contributed by atoms with Crippen molar-refractivity contribution in [3.8, 4) is 5.75 Å². The molecule has 2 rings (SSSR count). The number of hydrogen-bond acceptors (Lipinski definition) is 4. The van der Waals surface area contributed by atoms with Crippen molar-refractivity contribution in [2.24, 2.45) is 0 Å². The molecule has 1 fully saturated rings. The Morgan fingerprint density at radius 1 is 1.38 bits per heavy atom. The first-order chi connectivity index (χ1) is 10.2. The van der Waals surface area contributed by atoms with E-state index in [4.69, 9.17) is 21.1 Å². The quantitative estimate of drug-likeness (QED) is 0.748. The number of methoxy groups -OCH3 is 2. The third-order valence-corrected chi connectivity index (χ3v) is 4.21. The Balaban J connectivity index is 1.93. The molecule has 1 atom stereocenters. The topological polar surface area (TPSA) is 33.7 Å². The second-order valence-electron chi connectivity index (χ2n) is 5.42. The van der Waals surface area contributed by atoms with Gasteiger partial charge in [0.1, 0.15) is 5.75 Å². The summed E-state index contributed by atoms with van der Waals surface area (Å²) >= 11 is 6.11. The van der Waals surface area contributed by atoms with Crippen molar-refractivity contribution in [2.75, 3.05) is 40.5 Å². The zero-order chi connectivity index (χ0) is 15.1. The van der Waals surface area contributed by atoms with E-state index in [9.17, 15) is 0 Å². The molecule has 118 valence electrons. The van der Waals surface area contributed by atoms with Gasteiger partial charge in [0.05, 0.1) is 13.7 Å². The van der Waals surface area contributed by atoms with Crippen molar-refractivity contribution in [3.05, 3.63) is 28.8 Å². The number of nitrogens with one attached hydrogen (secondary N) is 1. The third-order valence-electron chi connectivity index (χ3n) is 3.98. The van der Waals surface area contributed by atoms with Crippen LogP contribution in [0.25, 0.3) is 0 Å². The van der Waals surface area contributed by atoms with E-state index in [1.54, 1.807) is 14.2 Å². The SMILES string of the molecule is COCCNCC1CCCN1Cc1cc(Cl)ccc1OC. The maximum Gasteiger partial charge on any atom is 0.123 e. The van der Waals surface area contributed by atoms with Crippen LogP contribution in [-0.4, -0.2) is 51.4 Å². The number of hydrogen-bond donors (Lipinski definition) is 1. The molecule has 0 saturated carbocycles. The standard InChI is InChI=1S/C16H25ClN2O2/c1-20-9-7-18-11-15-4-3-8-19(15)12-13-10-14(17)5-6-16(13)21-2/h5-6,10,15,18H,3-4,7-9,11-12H2,1-2H3. The van der Waals surface area contributed by atoms with Crippen molar-refractivity contribution in [1.29, 1.82) is 0 Å². The lowest BCUT2D eigenvalue weighted by atomic mass is 10.1. The van der Waals surface area contributed by atoms with Gasteiger partial charge < -0.3 is 14.8 Å². The summed E-state index contributed by atoms with van der Waals surface area (Å²) in [4.78, 5) is 2.51. The van der Waals surface area contributed by atoms with Gasteiger partial charge in [-0.15, -0.1) is 0 Å². The molecule has 1 saturated heterocycles. The molecule has 5 heteroatoms. The Bertz CT molecular complexity index is 442. The Labute approximate surface area is 132 Å². The number of benzene rings is 1. The van der Waals surface area contributed by atoms with Gasteiger partial charge in [-0.25, -0.2) is 0 Å². The van der Waals surface area contributed by atoms with Gasteiger partial charge in [0.2, 0.25) is 0 Å². The smallest absolute Gasteiger partial charge is 0.123 e. The van der Waals surface area contributed by atoms with Crippen LogP contribution in [0, 0.1) is 0 Å². The summed E-state index contributed by atoms with van der Waals surface area (Å²) in [5.41, 5.74) is 1.16. The number of ether oxygens (including phenoxy) is 2. The van der Waals surface area contributed by atoms with Gasteiger partial charge in [0.25, 0.3) is 0 Å². The highest BCUT2D eigenvalue weighted by Gasteiger charge is 2.24. The molecule has 0 spiro atoms. The lowest BCUT2D eigenvalue weighted by Crippen LogP contribution is -2.38. The van der Waals surface area contributed by atoms with E-state index in [0.29, 0.717) is 6.04 Å². The van der Waals surface area contributed by atoms with Crippen LogP contribution in [0.15, 0.2) is 18.2 Å². The minimum atomic E-state index is 0.575. The van der Waals surface area contributed by atoms with Gasteiger partial charge in [0.15, 0.2) is 0 Å². The maximum atomic E-state index is 6.11. The van der Waals surface area contributed by atoms with Crippen molar-refractivity contribution >= 4 is 11.6 Å². The van der Waals surface area contributed by atoms with Crippen molar-refractivity contribution in [1.82, 2.24) is 10.2 Å². The van der Waals surface area contributed by atoms with Crippen LogP contribution >= 0.6 is 11.6 Å². The molecule has 0 amide bonds. The molecular weight excluding hydrogens is 288 g/mol. The first-order valence-corrected chi connectivity index (χ1v) is 7.88. The fraction of sp³-hybridized carbons (Fsp3) is 0.625. The van der Waals surface area contributed by atoms with Gasteiger partial charge in [-0.2, -0.15) is 0 Å². The van der Waals surface area contributed by atoms with E-state index in [2.05, 4.69) is 10.2 Å². The van der Waals surface area contributed by atoms with E-state index < -0.39 is 0 Å². The van der Waals surface area contributed by atoms with Crippen molar-refractivity contribution < 1.29 is 9.47 Å². The third kappa shape index (κ3) is 4.85. The molecule has 0 aliphatic carbocycles. The largest absolute Gasteiger partial charge is 0.496 e. The van der Waals surface area contributed by atoms with Gasteiger partial charge in [-0.3, -0.25) is 4.90 Å². The molecule has 0 radical (unpaired) electrons. The normalized spacial score (nSPS) is 19.1. The molecule has 0 bridgehead atoms.